The minimum Gasteiger partial charge on any atom is -0.497 e. The Hall–Kier alpha value is -3.77. The number of carbonyl (C=O) groups excluding carboxylic acids is 2. The van der Waals surface area contributed by atoms with E-state index in [1.54, 1.807) is 45.0 Å². The zero-order chi connectivity index (χ0) is 32.1. The number of nitrogens with one attached hydrogen (secondary N) is 1. The summed E-state index contributed by atoms with van der Waals surface area (Å²) < 4.78 is 74.8. The first-order chi connectivity index (χ1) is 20.0. The molecule has 0 bridgehead atoms. The van der Waals surface area contributed by atoms with E-state index in [4.69, 9.17) is 16.3 Å². The van der Waals surface area contributed by atoms with Crippen LogP contribution >= 0.6 is 11.6 Å². The number of aryl methyl sites for hydroxylation is 1. The van der Waals surface area contributed by atoms with Crippen molar-refractivity contribution >= 4 is 39.1 Å². The van der Waals surface area contributed by atoms with Crippen LogP contribution < -0.4 is 14.4 Å². The molecule has 0 spiro atoms. The van der Waals surface area contributed by atoms with E-state index in [0.29, 0.717) is 21.7 Å². The van der Waals surface area contributed by atoms with Gasteiger partial charge in [0, 0.05) is 12.6 Å². The second-order valence-corrected chi connectivity index (χ2v) is 12.5. The predicted octanol–water partition coefficient (Wildman–Crippen LogP) is 5.81. The SMILES string of the molecule is COc1ccc(CN(C(=O)CN(c2ccc(Cl)c(C(F)(F)F)c2)S(=O)(=O)c2ccc(C)cc2)C(C)C(=O)NC(C)C)cc1. The van der Waals surface area contributed by atoms with Crippen molar-refractivity contribution in [3.63, 3.8) is 0 Å². The topological polar surface area (TPSA) is 96.0 Å². The van der Waals surface area contributed by atoms with Gasteiger partial charge in [-0.1, -0.05) is 41.4 Å². The molecule has 0 aliphatic heterocycles. The van der Waals surface area contributed by atoms with Gasteiger partial charge in [-0.2, -0.15) is 13.2 Å². The van der Waals surface area contributed by atoms with Crippen molar-refractivity contribution in [3.05, 3.63) is 88.4 Å². The minimum atomic E-state index is -4.89. The highest BCUT2D eigenvalue weighted by Crippen LogP contribution is 2.38. The number of hydrogen-bond acceptors (Lipinski definition) is 5. The van der Waals surface area contributed by atoms with Crippen molar-refractivity contribution in [1.29, 1.82) is 0 Å². The summed E-state index contributed by atoms with van der Waals surface area (Å²) in [6.45, 7) is 5.73. The third-order valence-corrected chi connectivity index (χ3v) is 8.66. The standard InChI is InChI=1S/C30H33ClF3N3O5S/c1-19(2)35-29(39)21(4)36(17-22-8-11-24(42-5)12-9-22)28(38)18-37(43(40,41)25-13-6-20(3)7-14-25)23-10-15-27(31)26(16-23)30(32,33)34/h6-16,19,21H,17-18H2,1-5H3,(H,35,39). The quantitative estimate of drug-likeness (QED) is 0.286. The van der Waals surface area contributed by atoms with E-state index < -0.39 is 56.9 Å². The van der Waals surface area contributed by atoms with E-state index in [1.807, 2.05) is 0 Å². The third kappa shape index (κ3) is 8.41. The Morgan fingerprint density at radius 1 is 0.977 bits per heavy atom. The summed E-state index contributed by atoms with van der Waals surface area (Å²) in [5, 5.41) is 2.10. The van der Waals surface area contributed by atoms with Crippen LogP contribution in [-0.2, 0) is 32.3 Å². The predicted molar refractivity (Wildman–Crippen MR) is 158 cm³/mol. The Balaban J connectivity index is 2.12. The van der Waals surface area contributed by atoms with Crippen molar-refractivity contribution < 1.29 is 35.9 Å². The Labute approximate surface area is 254 Å². The number of alkyl halides is 3. The van der Waals surface area contributed by atoms with Crippen molar-refractivity contribution in [2.75, 3.05) is 18.0 Å². The van der Waals surface area contributed by atoms with Crippen molar-refractivity contribution in [2.24, 2.45) is 0 Å². The first kappa shape index (κ1) is 33.7. The number of carbonyl (C=O) groups is 2. The van der Waals surface area contributed by atoms with Crippen LogP contribution in [0.15, 0.2) is 71.6 Å². The van der Waals surface area contributed by atoms with Crippen LogP contribution in [0, 0.1) is 6.92 Å². The first-order valence-electron chi connectivity index (χ1n) is 13.2. The maximum atomic E-state index is 13.9. The van der Waals surface area contributed by atoms with Gasteiger partial charge in [0.25, 0.3) is 10.0 Å². The lowest BCUT2D eigenvalue weighted by atomic mass is 10.1. The monoisotopic (exact) mass is 639 g/mol. The molecule has 1 N–H and O–H groups in total. The van der Waals surface area contributed by atoms with Crippen molar-refractivity contribution in [2.45, 2.75) is 57.4 Å². The summed E-state index contributed by atoms with van der Waals surface area (Å²) in [4.78, 5) is 27.9. The maximum absolute atomic E-state index is 13.9. The number of benzene rings is 3. The summed E-state index contributed by atoms with van der Waals surface area (Å²) in [6, 6.07) is 13.7. The molecule has 0 aliphatic rings. The summed E-state index contributed by atoms with van der Waals surface area (Å²) >= 11 is 5.80. The molecule has 1 unspecified atom stereocenters. The van der Waals surface area contributed by atoms with Gasteiger partial charge in [0.2, 0.25) is 11.8 Å². The highest BCUT2D eigenvalue weighted by atomic mass is 35.5. The molecule has 3 aromatic carbocycles. The van der Waals surface area contributed by atoms with Gasteiger partial charge >= 0.3 is 6.18 Å². The Bertz CT molecular complexity index is 1550. The van der Waals surface area contributed by atoms with E-state index in [0.717, 1.165) is 17.7 Å². The minimum absolute atomic E-state index is 0.0949. The van der Waals surface area contributed by atoms with Gasteiger partial charge in [-0.25, -0.2) is 8.42 Å². The molecule has 13 heteroatoms. The van der Waals surface area contributed by atoms with Gasteiger partial charge in [-0.15, -0.1) is 0 Å². The Morgan fingerprint density at radius 2 is 1.58 bits per heavy atom. The lowest BCUT2D eigenvalue weighted by molar-refractivity contribution is -0.139. The van der Waals surface area contributed by atoms with Crippen LogP contribution in [0.5, 0.6) is 5.75 Å². The fourth-order valence-electron chi connectivity index (χ4n) is 4.17. The molecular weight excluding hydrogens is 607 g/mol. The summed E-state index contributed by atoms with van der Waals surface area (Å²) in [7, 11) is -3.07. The molecule has 0 saturated carbocycles. The highest BCUT2D eigenvalue weighted by molar-refractivity contribution is 7.92. The van der Waals surface area contributed by atoms with Gasteiger partial charge in [-0.05, 0) is 75.7 Å². The molecule has 0 fully saturated rings. The molecule has 0 heterocycles. The lowest BCUT2D eigenvalue weighted by Gasteiger charge is -2.32. The number of sulfonamides is 1. The molecule has 232 valence electrons. The van der Waals surface area contributed by atoms with Crippen LogP contribution in [0.3, 0.4) is 0 Å². The second kappa shape index (κ2) is 13.7. The molecule has 3 aromatic rings. The Morgan fingerprint density at radius 3 is 2.12 bits per heavy atom. The average Bonchev–Trinajstić information content (AvgIpc) is 2.94. The van der Waals surface area contributed by atoms with Gasteiger partial charge < -0.3 is 15.0 Å². The first-order valence-corrected chi connectivity index (χ1v) is 15.0. The fourth-order valence-corrected chi connectivity index (χ4v) is 5.80. The zero-order valence-electron chi connectivity index (χ0n) is 24.3. The van der Waals surface area contributed by atoms with Crippen LogP contribution in [0.25, 0.3) is 0 Å². The summed E-state index contributed by atoms with van der Waals surface area (Å²) in [5.74, 6) is -0.747. The smallest absolute Gasteiger partial charge is 0.417 e. The van der Waals surface area contributed by atoms with Gasteiger partial charge in [0.1, 0.15) is 18.3 Å². The molecule has 3 rings (SSSR count). The molecular formula is C30H33ClF3N3O5S. The van der Waals surface area contributed by atoms with Crippen LogP contribution in [0.1, 0.15) is 37.5 Å². The number of nitrogens with zero attached hydrogens (tertiary/aromatic N) is 2. The van der Waals surface area contributed by atoms with Crippen LogP contribution in [0.4, 0.5) is 18.9 Å². The van der Waals surface area contributed by atoms with E-state index in [2.05, 4.69) is 5.32 Å². The van der Waals surface area contributed by atoms with Gasteiger partial charge in [0.05, 0.1) is 28.3 Å². The van der Waals surface area contributed by atoms with Crippen LogP contribution in [-0.4, -0.2) is 50.9 Å². The van der Waals surface area contributed by atoms with Crippen molar-refractivity contribution in [1.82, 2.24) is 10.2 Å². The normalized spacial score (nSPS) is 12.5. The second-order valence-electron chi connectivity index (χ2n) is 10.2. The number of halogens is 4. The average molecular weight is 640 g/mol. The zero-order valence-corrected chi connectivity index (χ0v) is 25.8. The summed E-state index contributed by atoms with van der Waals surface area (Å²) in [5.41, 5.74) is -0.322. The number of methoxy groups -OCH3 is 1. The highest BCUT2D eigenvalue weighted by Gasteiger charge is 2.37. The van der Waals surface area contributed by atoms with E-state index >= 15 is 0 Å². The number of ether oxygens (including phenoxy) is 1. The molecule has 0 aromatic heterocycles. The van der Waals surface area contributed by atoms with E-state index in [1.165, 1.54) is 43.2 Å². The molecule has 8 nitrogen and oxygen atoms in total. The van der Waals surface area contributed by atoms with E-state index in [-0.39, 0.29) is 17.5 Å². The molecule has 0 aliphatic carbocycles. The summed E-state index contributed by atoms with van der Waals surface area (Å²) in [6.07, 6.45) is -4.89. The van der Waals surface area contributed by atoms with Gasteiger partial charge in [-0.3, -0.25) is 13.9 Å². The number of rotatable bonds is 11. The third-order valence-electron chi connectivity index (χ3n) is 6.54. The molecule has 0 radical (unpaired) electrons. The fraction of sp³-hybridized carbons (Fsp3) is 0.333. The van der Waals surface area contributed by atoms with E-state index in [9.17, 15) is 31.2 Å². The maximum Gasteiger partial charge on any atom is 0.417 e. The van der Waals surface area contributed by atoms with Gasteiger partial charge in [0.15, 0.2) is 0 Å². The number of hydrogen-bond donors (Lipinski definition) is 1. The van der Waals surface area contributed by atoms with Crippen molar-refractivity contribution in [3.8, 4) is 5.75 Å². The lowest BCUT2D eigenvalue weighted by Crippen LogP contribution is -2.52. The molecule has 0 saturated heterocycles. The number of anilines is 1. The number of amides is 2. The van der Waals surface area contributed by atoms with Crippen LogP contribution in [0.2, 0.25) is 5.02 Å². The Kier molecular flexibility index (Phi) is 10.7. The largest absolute Gasteiger partial charge is 0.497 e. The molecule has 1 atom stereocenters. The molecule has 2 amide bonds. The molecule has 43 heavy (non-hydrogen) atoms.